The van der Waals surface area contributed by atoms with Crippen LogP contribution in [0.25, 0.3) is 0 Å². The number of hydrogen-bond acceptors (Lipinski definition) is 3. The first kappa shape index (κ1) is 18.6. The minimum absolute atomic E-state index is 0.730. The van der Waals surface area contributed by atoms with Crippen molar-refractivity contribution in [1.82, 2.24) is 10.6 Å². The summed E-state index contributed by atoms with van der Waals surface area (Å²) in [6, 6.07) is 18.5. The van der Waals surface area contributed by atoms with Crippen LogP contribution in [0.3, 0.4) is 0 Å². The normalized spacial score (nSPS) is 11.1. The van der Waals surface area contributed by atoms with Crippen LogP contribution in [0.4, 0.5) is 5.69 Å². The number of methoxy groups -OCH3 is 1. The lowest BCUT2D eigenvalue weighted by molar-refractivity contribution is 0.414. The van der Waals surface area contributed by atoms with Gasteiger partial charge >= 0.3 is 0 Å². The van der Waals surface area contributed by atoms with Crippen LogP contribution >= 0.6 is 0 Å². The van der Waals surface area contributed by atoms with Crippen LogP contribution in [-0.2, 0) is 6.54 Å². The lowest BCUT2D eigenvalue weighted by Gasteiger charge is -2.19. The van der Waals surface area contributed by atoms with Crippen LogP contribution in [0, 0.1) is 0 Å². The molecule has 2 rings (SSSR count). The van der Waals surface area contributed by atoms with Crippen LogP contribution in [-0.4, -0.2) is 40.3 Å². The average Bonchev–Trinajstić information content (AvgIpc) is 2.68. The summed E-state index contributed by atoms with van der Waals surface area (Å²) in [7, 11) is 5.58. The van der Waals surface area contributed by atoms with E-state index in [2.05, 4.69) is 51.8 Å². The van der Waals surface area contributed by atoms with E-state index in [0.29, 0.717) is 0 Å². The van der Waals surface area contributed by atoms with E-state index in [-0.39, 0.29) is 0 Å². The monoisotopic (exact) mass is 340 g/mol. The van der Waals surface area contributed by atoms with E-state index in [1.165, 1.54) is 11.3 Å². The molecule has 0 radical (unpaired) electrons. The van der Waals surface area contributed by atoms with E-state index in [9.17, 15) is 0 Å². The molecular formula is C20H28N4O. The quantitative estimate of drug-likeness (QED) is 0.441. The van der Waals surface area contributed by atoms with Gasteiger partial charge in [0.05, 0.1) is 7.11 Å². The first-order valence-electron chi connectivity index (χ1n) is 8.56. The fourth-order valence-electron chi connectivity index (χ4n) is 2.48. The van der Waals surface area contributed by atoms with Crippen molar-refractivity contribution >= 4 is 11.6 Å². The Morgan fingerprint density at radius 1 is 1.04 bits per heavy atom. The fourth-order valence-corrected chi connectivity index (χ4v) is 2.48. The molecule has 5 nitrogen and oxygen atoms in total. The highest BCUT2D eigenvalue weighted by Gasteiger charge is 2.01. The molecule has 134 valence electrons. The third kappa shape index (κ3) is 6.37. The topological polar surface area (TPSA) is 48.9 Å². The Morgan fingerprint density at radius 2 is 1.76 bits per heavy atom. The van der Waals surface area contributed by atoms with E-state index in [4.69, 9.17) is 4.74 Å². The molecule has 25 heavy (non-hydrogen) atoms. The predicted octanol–water partition coefficient (Wildman–Crippen LogP) is 2.89. The molecule has 0 fully saturated rings. The van der Waals surface area contributed by atoms with E-state index >= 15 is 0 Å². The largest absolute Gasteiger partial charge is 0.497 e. The van der Waals surface area contributed by atoms with Gasteiger partial charge in [0.1, 0.15) is 5.75 Å². The van der Waals surface area contributed by atoms with Gasteiger partial charge in [-0.2, -0.15) is 0 Å². The number of anilines is 1. The molecule has 0 amide bonds. The third-order valence-electron chi connectivity index (χ3n) is 4.00. The summed E-state index contributed by atoms with van der Waals surface area (Å²) in [6.45, 7) is 2.60. The molecule has 5 heteroatoms. The van der Waals surface area contributed by atoms with Crippen LogP contribution in [0.15, 0.2) is 59.6 Å². The first-order valence-corrected chi connectivity index (χ1v) is 8.56. The van der Waals surface area contributed by atoms with E-state index in [0.717, 1.165) is 37.8 Å². The number of guanidine groups is 1. The molecule has 2 N–H and O–H groups in total. The Balaban J connectivity index is 1.68. The highest BCUT2D eigenvalue weighted by Crippen LogP contribution is 2.11. The Labute approximate surface area is 150 Å². The van der Waals surface area contributed by atoms with Gasteiger partial charge in [-0.15, -0.1) is 0 Å². The van der Waals surface area contributed by atoms with Crippen molar-refractivity contribution in [3.63, 3.8) is 0 Å². The molecule has 0 aromatic heterocycles. The van der Waals surface area contributed by atoms with E-state index < -0.39 is 0 Å². The molecular weight excluding hydrogens is 312 g/mol. The van der Waals surface area contributed by atoms with Crippen molar-refractivity contribution in [1.29, 1.82) is 0 Å². The van der Waals surface area contributed by atoms with Gasteiger partial charge in [0, 0.05) is 39.4 Å². The molecule has 0 heterocycles. The summed E-state index contributed by atoms with van der Waals surface area (Å²) >= 11 is 0. The maximum atomic E-state index is 5.17. The predicted molar refractivity (Wildman–Crippen MR) is 106 cm³/mol. The van der Waals surface area contributed by atoms with Gasteiger partial charge in [-0.05, 0) is 36.2 Å². The second kappa shape index (κ2) is 10.2. The third-order valence-corrected chi connectivity index (χ3v) is 4.00. The van der Waals surface area contributed by atoms with E-state index in [1.807, 2.05) is 30.3 Å². The summed E-state index contributed by atoms with van der Waals surface area (Å²) in [6.07, 6.45) is 1.04. The van der Waals surface area contributed by atoms with Crippen molar-refractivity contribution in [2.24, 2.45) is 4.99 Å². The maximum Gasteiger partial charge on any atom is 0.191 e. The molecule has 0 aliphatic carbocycles. The Morgan fingerprint density at radius 3 is 2.40 bits per heavy atom. The number of para-hydroxylation sites is 1. The molecule has 0 aliphatic heterocycles. The van der Waals surface area contributed by atoms with Crippen molar-refractivity contribution in [3.05, 3.63) is 60.2 Å². The molecule has 2 aromatic carbocycles. The molecule has 0 aliphatic rings. The molecule has 0 saturated heterocycles. The first-order chi connectivity index (χ1) is 12.2. The molecule has 0 atom stereocenters. The zero-order chi connectivity index (χ0) is 17.9. The smallest absolute Gasteiger partial charge is 0.191 e. The number of benzene rings is 2. The van der Waals surface area contributed by atoms with Crippen molar-refractivity contribution in [2.75, 3.05) is 39.2 Å². The van der Waals surface area contributed by atoms with Crippen molar-refractivity contribution in [3.8, 4) is 5.75 Å². The Hall–Kier alpha value is -2.69. The second-order valence-corrected chi connectivity index (χ2v) is 5.81. The molecule has 0 saturated carbocycles. The molecule has 0 spiro atoms. The highest BCUT2D eigenvalue weighted by atomic mass is 16.5. The molecule has 0 bridgehead atoms. The van der Waals surface area contributed by atoms with Gasteiger partial charge in [-0.25, -0.2) is 0 Å². The minimum Gasteiger partial charge on any atom is -0.497 e. The number of aliphatic imine (C=N–C) groups is 1. The van der Waals surface area contributed by atoms with Gasteiger partial charge < -0.3 is 20.3 Å². The number of rotatable bonds is 8. The summed E-state index contributed by atoms with van der Waals surface area (Å²) in [5.74, 6) is 1.69. The van der Waals surface area contributed by atoms with Gasteiger partial charge in [0.25, 0.3) is 0 Å². The van der Waals surface area contributed by atoms with Crippen LogP contribution in [0.1, 0.15) is 12.0 Å². The summed E-state index contributed by atoms with van der Waals surface area (Å²) < 4.78 is 5.17. The fraction of sp³-hybridized carbons (Fsp3) is 0.350. The van der Waals surface area contributed by atoms with Crippen molar-refractivity contribution < 1.29 is 4.74 Å². The van der Waals surface area contributed by atoms with E-state index in [1.54, 1.807) is 14.2 Å². The highest BCUT2D eigenvalue weighted by molar-refractivity contribution is 5.79. The van der Waals surface area contributed by atoms with Crippen LogP contribution in [0.2, 0.25) is 0 Å². The standard InChI is InChI=1S/C20H28N4O/c1-21-20(23-16-17-10-12-19(25-3)13-11-17)22-14-7-15-24(2)18-8-5-4-6-9-18/h4-6,8-13H,7,14-16H2,1-3H3,(H2,21,22,23). The molecule has 2 aromatic rings. The second-order valence-electron chi connectivity index (χ2n) is 5.81. The Kier molecular flexibility index (Phi) is 7.63. The van der Waals surface area contributed by atoms with Gasteiger partial charge in [0.2, 0.25) is 0 Å². The summed E-state index contributed by atoms with van der Waals surface area (Å²) in [5, 5.41) is 6.68. The minimum atomic E-state index is 0.730. The maximum absolute atomic E-state index is 5.17. The summed E-state index contributed by atoms with van der Waals surface area (Å²) in [5.41, 5.74) is 2.43. The lowest BCUT2D eigenvalue weighted by Crippen LogP contribution is -2.38. The summed E-state index contributed by atoms with van der Waals surface area (Å²) in [4.78, 5) is 6.53. The van der Waals surface area contributed by atoms with Gasteiger partial charge in [0.15, 0.2) is 5.96 Å². The number of ether oxygens (including phenoxy) is 1. The zero-order valence-corrected chi connectivity index (χ0v) is 15.3. The lowest BCUT2D eigenvalue weighted by atomic mass is 10.2. The molecule has 0 unspecified atom stereocenters. The average molecular weight is 340 g/mol. The van der Waals surface area contributed by atoms with Crippen molar-refractivity contribution in [2.45, 2.75) is 13.0 Å². The number of hydrogen-bond donors (Lipinski definition) is 2. The van der Waals surface area contributed by atoms with Gasteiger partial charge in [-0.3, -0.25) is 4.99 Å². The zero-order valence-electron chi connectivity index (χ0n) is 15.3. The van der Waals surface area contributed by atoms with Crippen LogP contribution in [0.5, 0.6) is 5.75 Å². The SMILES string of the molecule is CN=C(NCCCN(C)c1ccccc1)NCc1ccc(OC)cc1. The number of nitrogens with one attached hydrogen (secondary N) is 2. The number of nitrogens with zero attached hydrogens (tertiary/aromatic N) is 2. The Bertz CT molecular complexity index is 641. The van der Waals surface area contributed by atoms with Gasteiger partial charge in [-0.1, -0.05) is 30.3 Å². The van der Waals surface area contributed by atoms with Crippen LogP contribution < -0.4 is 20.3 Å².